The molecular weight excluding hydrogens is 382 g/mol. The normalized spacial score (nSPS) is 14.8. The average Bonchev–Trinajstić information content (AvgIpc) is 2.77. The summed E-state index contributed by atoms with van der Waals surface area (Å²) >= 11 is 0. The minimum Gasteiger partial charge on any atom is -0.495 e. The third-order valence-electron chi connectivity index (χ3n) is 5.42. The van der Waals surface area contributed by atoms with E-state index in [-0.39, 0.29) is 12.1 Å². The van der Waals surface area contributed by atoms with Crippen LogP contribution in [-0.4, -0.2) is 53.6 Å². The van der Waals surface area contributed by atoms with E-state index in [1.807, 2.05) is 30.3 Å². The first-order valence-electron chi connectivity index (χ1n) is 9.94. The number of carbonyl (C=O) groups excluding carboxylic acids is 1. The maximum absolute atomic E-state index is 12.9. The molecule has 4 rings (SSSR count). The molecule has 8 heteroatoms. The molecule has 0 spiro atoms. The van der Waals surface area contributed by atoms with Gasteiger partial charge < -0.3 is 15.4 Å². The summed E-state index contributed by atoms with van der Waals surface area (Å²) in [5.74, 6) is 0.858. The molecule has 1 aromatic heterocycles. The van der Waals surface area contributed by atoms with Crippen molar-refractivity contribution in [2.45, 2.75) is 13.1 Å². The number of benzene rings is 2. The lowest BCUT2D eigenvalue weighted by Gasteiger charge is -2.36. The summed E-state index contributed by atoms with van der Waals surface area (Å²) in [6.45, 7) is 3.57. The van der Waals surface area contributed by atoms with Gasteiger partial charge in [-0.15, -0.1) is 0 Å². The van der Waals surface area contributed by atoms with Gasteiger partial charge in [-0.25, -0.2) is 4.98 Å². The Kier molecular flexibility index (Phi) is 5.67. The standard InChI is InChI=1S/C22H25N5O3/c1-30-19-9-5-4-8-18(19)26-12-10-25(11-13-26)15-21-24-17-7-3-2-6-16(17)22(29)27(21)14-20(23)28/h2-9H,10-15H2,1H3,(H2,23,28). The van der Waals surface area contributed by atoms with Crippen LogP contribution < -0.4 is 20.9 Å². The Morgan fingerprint density at radius 2 is 1.77 bits per heavy atom. The summed E-state index contributed by atoms with van der Waals surface area (Å²) in [5.41, 5.74) is 6.86. The molecule has 0 saturated carbocycles. The largest absolute Gasteiger partial charge is 0.495 e. The number of fused-ring (bicyclic) bond motifs is 1. The minimum absolute atomic E-state index is 0.173. The Balaban J connectivity index is 1.55. The smallest absolute Gasteiger partial charge is 0.261 e. The van der Waals surface area contributed by atoms with Crippen LogP contribution in [0.5, 0.6) is 5.75 Å². The molecule has 3 aromatic rings. The number of ether oxygens (including phenoxy) is 1. The number of carbonyl (C=O) groups is 1. The van der Waals surface area contributed by atoms with Crippen molar-refractivity contribution in [1.82, 2.24) is 14.5 Å². The summed E-state index contributed by atoms with van der Waals surface area (Å²) < 4.78 is 6.88. The number of hydrogen-bond donors (Lipinski definition) is 1. The van der Waals surface area contributed by atoms with E-state index in [0.717, 1.165) is 37.6 Å². The summed E-state index contributed by atoms with van der Waals surface area (Å²) in [5, 5.41) is 0.489. The molecule has 1 saturated heterocycles. The fourth-order valence-electron chi connectivity index (χ4n) is 3.89. The van der Waals surface area contributed by atoms with Gasteiger partial charge >= 0.3 is 0 Å². The van der Waals surface area contributed by atoms with Crippen LogP contribution in [0.4, 0.5) is 5.69 Å². The molecule has 8 nitrogen and oxygen atoms in total. The van der Waals surface area contributed by atoms with Crippen molar-refractivity contribution >= 4 is 22.5 Å². The van der Waals surface area contributed by atoms with Crippen LogP contribution in [0.15, 0.2) is 53.3 Å². The lowest BCUT2D eigenvalue weighted by Crippen LogP contribution is -2.47. The number of nitrogens with zero attached hydrogens (tertiary/aromatic N) is 4. The summed E-state index contributed by atoms with van der Waals surface area (Å²) in [4.78, 5) is 33.7. The summed E-state index contributed by atoms with van der Waals surface area (Å²) in [7, 11) is 1.68. The number of primary amides is 1. The first-order chi connectivity index (χ1) is 14.6. The van der Waals surface area contributed by atoms with Gasteiger partial charge in [-0.1, -0.05) is 24.3 Å². The highest BCUT2D eigenvalue weighted by molar-refractivity contribution is 5.78. The van der Waals surface area contributed by atoms with Gasteiger partial charge in [0.15, 0.2) is 0 Å². The molecule has 1 aliphatic heterocycles. The number of amides is 1. The van der Waals surface area contributed by atoms with Crippen molar-refractivity contribution in [2.75, 3.05) is 38.2 Å². The van der Waals surface area contributed by atoms with Gasteiger partial charge in [-0.05, 0) is 24.3 Å². The number of aromatic nitrogens is 2. The monoisotopic (exact) mass is 407 g/mol. The van der Waals surface area contributed by atoms with Gasteiger partial charge in [0, 0.05) is 26.2 Å². The molecule has 30 heavy (non-hydrogen) atoms. The number of piperazine rings is 1. The van der Waals surface area contributed by atoms with Crippen LogP contribution in [0.2, 0.25) is 0 Å². The molecule has 0 aliphatic carbocycles. The Morgan fingerprint density at radius 3 is 2.50 bits per heavy atom. The van der Waals surface area contributed by atoms with Gasteiger partial charge in [-0.3, -0.25) is 19.1 Å². The molecule has 1 aliphatic rings. The van der Waals surface area contributed by atoms with Gasteiger partial charge in [0.25, 0.3) is 5.56 Å². The molecule has 2 heterocycles. The van der Waals surface area contributed by atoms with Crippen LogP contribution in [0, 0.1) is 0 Å². The maximum atomic E-state index is 12.9. The van der Waals surface area contributed by atoms with E-state index in [4.69, 9.17) is 10.5 Å². The zero-order valence-corrected chi connectivity index (χ0v) is 17.0. The van der Waals surface area contributed by atoms with E-state index in [0.29, 0.717) is 23.3 Å². The molecule has 2 N–H and O–H groups in total. The topological polar surface area (TPSA) is 93.7 Å². The highest BCUT2D eigenvalue weighted by Crippen LogP contribution is 2.28. The number of nitrogens with two attached hydrogens (primary N) is 1. The fourth-order valence-corrected chi connectivity index (χ4v) is 3.89. The molecule has 2 aromatic carbocycles. The SMILES string of the molecule is COc1ccccc1N1CCN(Cc2nc3ccccc3c(=O)n2CC(N)=O)CC1. The molecule has 1 fully saturated rings. The number of rotatable bonds is 6. The number of para-hydroxylation sites is 3. The van der Waals surface area contributed by atoms with Crippen LogP contribution in [-0.2, 0) is 17.9 Å². The summed E-state index contributed by atoms with van der Waals surface area (Å²) in [6, 6.07) is 15.2. The van der Waals surface area contributed by atoms with Crippen molar-refractivity contribution in [3.05, 3.63) is 64.7 Å². The van der Waals surface area contributed by atoms with Crippen molar-refractivity contribution in [3.63, 3.8) is 0 Å². The lowest BCUT2D eigenvalue weighted by atomic mass is 10.2. The van der Waals surface area contributed by atoms with Crippen molar-refractivity contribution in [2.24, 2.45) is 5.73 Å². The second kappa shape index (κ2) is 8.54. The van der Waals surface area contributed by atoms with Gasteiger partial charge in [-0.2, -0.15) is 0 Å². The molecule has 0 bridgehead atoms. The third kappa shape index (κ3) is 3.99. The summed E-state index contributed by atoms with van der Waals surface area (Å²) in [6.07, 6.45) is 0. The Morgan fingerprint density at radius 1 is 1.07 bits per heavy atom. The van der Waals surface area contributed by atoms with Crippen LogP contribution >= 0.6 is 0 Å². The number of methoxy groups -OCH3 is 1. The molecule has 1 amide bonds. The van der Waals surface area contributed by atoms with Crippen molar-refractivity contribution < 1.29 is 9.53 Å². The zero-order chi connectivity index (χ0) is 21.1. The second-order valence-corrected chi connectivity index (χ2v) is 7.34. The first kappa shape index (κ1) is 19.9. The quantitative estimate of drug-likeness (QED) is 0.660. The first-order valence-corrected chi connectivity index (χ1v) is 9.94. The number of hydrogen-bond acceptors (Lipinski definition) is 6. The molecule has 0 radical (unpaired) electrons. The average molecular weight is 407 g/mol. The lowest BCUT2D eigenvalue weighted by molar-refractivity contribution is -0.118. The predicted octanol–water partition coefficient (Wildman–Crippen LogP) is 1.21. The van der Waals surface area contributed by atoms with Crippen LogP contribution in [0.1, 0.15) is 5.82 Å². The Labute approximate surface area is 174 Å². The van der Waals surface area contributed by atoms with E-state index in [9.17, 15) is 9.59 Å². The second-order valence-electron chi connectivity index (χ2n) is 7.34. The minimum atomic E-state index is -0.559. The number of anilines is 1. The van der Waals surface area contributed by atoms with Crippen LogP contribution in [0.25, 0.3) is 10.9 Å². The van der Waals surface area contributed by atoms with E-state index >= 15 is 0 Å². The van der Waals surface area contributed by atoms with Crippen molar-refractivity contribution in [1.29, 1.82) is 0 Å². The highest BCUT2D eigenvalue weighted by atomic mass is 16.5. The Hall–Kier alpha value is -3.39. The van der Waals surface area contributed by atoms with E-state index < -0.39 is 5.91 Å². The third-order valence-corrected chi connectivity index (χ3v) is 5.42. The van der Waals surface area contributed by atoms with Gasteiger partial charge in [0.1, 0.15) is 18.1 Å². The Bertz CT molecular complexity index is 1120. The molecular formula is C22H25N5O3. The molecule has 156 valence electrons. The van der Waals surface area contributed by atoms with Crippen molar-refractivity contribution in [3.8, 4) is 5.75 Å². The van der Waals surface area contributed by atoms with Crippen LogP contribution in [0.3, 0.4) is 0 Å². The van der Waals surface area contributed by atoms with E-state index in [1.54, 1.807) is 19.2 Å². The maximum Gasteiger partial charge on any atom is 0.261 e. The molecule has 0 atom stereocenters. The highest BCUT2D eigenvalue weighted by Gasteiger charge is 2.22. The zero-order valence-electron chi connectivity index (χ0n) is 17.0. The predicted molar refractivity (Wildman–Crippen MR) is 116 cm³/mol. The molecule has 0 unspecified atom stereocenters. The van der Waals surface area contributed by atoms with E-state index in [2.05, 4.69) is 20.9 Å². The van der Waals surface area contributed by atoms with Gasteiger partial charge in [0.2, 0.25) is 5.91 Å². The van der Waals surface area contributed by atoms with E-state index in [1.165, 1.54) is 4.57 Å². The fraction of sp³-hybridized carbons (Fsp3) is 0.318. The van der Waals surface area contributed by atoms with Gasteiger partial charge in [0.05, 0.1) is 30.2 Å².